The molecule has 0 bridgehead atoms. The van der Waals surface area contributed by atoms with Crippen LogP contribution in [0.25, 0.3) is 10.6 Å². The van der Waals surface area contributed by atoms with Crippen molar-refractivity contribution in [3.63, 3.8) is 0 Å². The standard InChI is InChI=1S/C14H16BrNS/c1-3-5-12-13(9-15)17-14(16-12)11-7-4-6-10(2)8-11/h4,6-8H,3,5,9H2,1-2H3. The second-order valence-corrected chi connectivity index (χ2v) is 5.79. The van der Waals surface area contributed by atoms with E-state index in [1.807, 2.05) is 0 Å². The van der Waals surface area contributed by atoms with Crippen LogP contribution in [0.15, 0.2) is 24.3 Å². The van der Waals surface area contributed by atoms with Gasteiger partial charge in [-0.1, -0.05) is 53.0 Å². The first-order valence-electron chi connectivity index (χ1n) is 5.86. The number of rotatable bonds is 4. The Morgan fingerprint density at radius 3 is 2.82 bits per heavy atom. The molecule has 0 radical (unpaired) electrons. The molecule has 0 N–H and O–H groups in total. The molecule has 2 rings (SSSR count). The van der Waals surface area contributed by atoms with Crippen LogP contribution in [0.4, 0.5) is 0 Å². The number of hydrogen-bond acceptors (Lipinski definition) is 2. The molecule has 1 nitrogen and oxygen atoms in total. The van der Waals surface area contributed by atoms with E-state index in [1.54, 1.807) is 11.3 Å². The van der Waals surface area contributed by atoms with Crippen LogP contribution in [-0.2, 0) is 11.8 Å². The number of alkyl halides is 1. The summed E-state index contributed by atoms with van der Waals surface area (Å²) in [5.74, 6) is 0. The summed E-state index contributed by atoms with van der Waals surface area (Å²) in [6, 6.07) is 8.56. The Kier molecular flexibility index (Phi) is 4.35. The SMILES string of the molecule is CCCc1nc(-c2cccc(C)c2)sc1CBr. The number of nitrogens with zero attached hydrogens (tertiary/aromatic N) is 1. The Balaban J connectivity index is 2.39. The summed E-state index contributed by atoms with van der Waals surface area (Å²) in [6.07, 6.45) is 2.22. The molecular weight excluding hydrogens is 294 g/mol. The van der Waals surface area contributed by atoms with Crippen LogP contribution >= 0.6 is 27.3 Å². The van der Waals surface area contributed by atoms with Gasteiger partial charge in [0.2, 0.25) is 0 Å². The van der Waals surface area contributed by atoms with Crippen LogP contribution in [-0.4, -0.2) is 4.98 Å². The monoisotopic (exact) mass is 309 g/mol. The fraction of sp³-hybridized carbons (Fsp3) is 0.357. The van der Waals surface area contributed by atoms with E-state index in [1.165, 1.54) is 21.7 Å². The molecule has 0 aliphatic carbocycles. The zero-order chi connectivity index (χ0) is 12.3. The molecule has 0 aliphatic rings. The summed E-state index contributed by atoms with van der Waals surface area (Å²) in [6.45, 7) is 4.32. The van der Waals surface area contributed by atoms with Gasteiger partial charge in [0.05, 0.1) is 5.69 Å². The van der Waals surface area contributed by atoms with Crippen LogP contribution in [0.1, 0.15) is 29.5 Å². The van der Waals surface area contributed by atoms with Crippen molar-refractivity contribution >= 4 is 27.3 Å². The first-order valence-corrected chi connectivity index (χ1v) is 7.80. The smallest absolute Gasteiger partial charge is 0.123 e. The second-order valence-electron chi connectivity index (χ2n) is 4.14. The van der Waals surface area contributed by atoms with E-state index in [4.69, 9.17) is 4.98 Å². The minimum Gasteiger partial charge on any atom is -0.241 e. The first kappa shape index (κ1) is 12.8. The van der Waals surface area contributed by atoms with Gasteiger partial charge in [0, 0.05) is 15.8 Å². The molecule has 0 amide bonds. The molecule has 0 fully saturated rings. The minimum atomic E-state index is 0.909. The molecule has 90 valence electrons. The highest BCUT2D eigenvalue weighted by Gasteiger charge is 2.10. The average molecular weight is 310 g/mol. The zero-order valence-corrected chi connectivity index (χ0v) is 12.6. The van der Waals surface area contributed by atoms with E-state index >= 15 is 0 Å². The topological polar surface area (TPSA) is 12.9 Å². The number of halogens is 1. The molecule has 1 aromatic heterocycles. The van der Waals surface area contributed by atoms with Gasteiger partial charge >= 0.3 is 0 Å². The number of hydrogen-bond donors (Lipinski definition) is 0. The Morgan fingerprint density at radius 2 is 2.18 bits per heavy atom. The summed E-state index contributed by atoms with van der Waals surface area (Å²) in [5, 5.41) is 2.05. The first-order chi connectivity index (χ1) is 8.24. The molecule has 17 heavy (non-hydrogen) atoms. The van der Waals surface area contributed by atoms with Crippen molar-refractivity contribution in [3.05, 3.63) is 40.4 Å². The molecule has 0 aliphatic heterocycles. The summed E-state index contributed by atoms with van der Waals surface area (Å²) in [7, 11) is 0. The van der Waals surface area contributed by atoms with E-state index in [9.17, 15) is 0 Å². The average Bonchev–Trinajstić information content (AvgIpc) is 2.73. The lowest BCUT2D eigenvalue weighted by atomic mass is 10.1. The number of thiazole rings is 1. The molecule has 0 unspecified atom stereocenters. The lowest BCUT2D eigenvalue weighted by Crippen LogP contribution is -1.87. The molecule has 3 heteroatoms. The van der Waals surface area contributed by atoms with Gasteiger partial charge in [0.1, 0.15) is 5.01 Å². The normalized spacial score (nSPS) is 10.8. The number of aromatic nitrogens is 1. The maximum Gasteiger partial charge on any atom is 0.123 e. The maximum absolute atomic E-state index is 4.77. The minimum absolute atomic E-state index is 0.909. The zero-order valence-electron chi connectivity index (χ0n) is 10.2. The third kappa shape index (κ3) is 2.96. The number of aryl methyl sites for hydroxylation is 2. The highest BCUT2D eigenvalue weighted by Crippen LogP contribution is 2.30. The van der Waals surface area contributed by atoms with E-state index in [0.717, 1.165) is 23.2 Å². The van der Waals surface area contributed by atoms with Gasteiger partial charge in [-0.05, 0) is 19.4 Å². The highest BCUT2D eigenvalue weighted by atomic mass is 79.9. The summed E-state index contributed by atoms with van der Waals surface area (Å²) < 4.78 is 0. The van der Waals surface area contributed by atoms with Gasteiger partial charge in [-0.15, -0.1) is 11.3 Å². The van der Waals surface area contributed by atoms with Crippen LogP contribution in [0, 0.1) is 6.92 Å². The van der Waals surface area contributed by atoms with E-state index in [2.05, 4.69) is 54.0 Å². The van der Waals surface area contributed by atoms with Crippen molar-refractivity contribution in [2.24, 2.45) is 0 Å². The Labute approximate surface area is 115 Å². The lowest BCUT2D eigenvalue weighted by Gasteiger charge is -1.97. The Hall–Kier alpha value is -0.670. The van der Waals surface area contributed by atoms with Crippen molar-refractivity contribution in [2.75, 3.05) is 0 Å². The van der Waals surface area contributed by atoms with Gasteiger partial charge in [0.25, 0.3) is 0 Å². The Morgan fingerprint density at radius 1 is 1.35 bits per heavy atom. The predicted molar refractivity (Wildman–Crippen MR) is 78.9 cm³/mol. The van der Waals surface area contributed by atoms with Crippen molar-refractivity contribution in [2.45, 2.75) is 32.0 Å². The van der Waals surface area contributed by atoms with E-state index < -0.39 is 0 Å². The third-order valence-corrected chi connectivity index (χ3v) is 4.73. The summed E-state index contributed by atoms with van der Waals surface area (Å²) >= 11 is 5.35. The lowest BCUT2D eigenvalue weighted by molar-refractivity contribution is 0.885. The molecule has 2 aromatic rings. The molecule has 0 saturated heterocycles. The van der Waals surface area contributed by atoms with Crippen LogP contribution in [0.5, 0.6) is 0 Å². The van der Waals surface area contributed by atoms with Crippen molar-refractivity contribution in [3.8, 4) is 10.6 Å². The van der Waals surface area contributed by atoms with Gasteiger partial charge in [-0.25, -0.2) is 4.98 Å². The Bertz CT molecular complexity index is 505. The summed E-state index contributed by atoms with van der Waals surface area (Å²) in [4.78, 5) is 6.13. The van der Waals surface area contributed by atoms with E-state index in [-0.39, 0.29) is 0 Å². The largest absolute Gasteiger partial charge is 0.241 e. The van der Waals surface area contributed by atoms with Gasteiger partial charge in [0.15, 0.2) is 0 Å². The second kappa shape index (κ2) is 5.78. The quantitative estimate of drug-likeness (QED) is 0.727. The van der Waals surface area contributed by atoms with Crippen LogP contribution in [0.2, 0.25) is 0 Å². The fourth-order valence-corrected chi connectivity index (χ4v) is 3.44. The van der Waals surface area contributed by atoms with Gasteiger partial charge < -0.3 is 0 Å². The molecule has 0 atom stereocenters. The fourth-order valence-electron chi connectivity index (χ4n) is 1.82. The maximum atomic E-state index is 4.77. The predicted octanol–water partition coefficient (Wildman–Crippen LogP) is 4.97. The van der Waals surface area contributed by atoms with E-state index in [0.29, 0.717) is 0 Å². The molecule has 0 saturated carbocycles. The van der Waals surface area contributed by atoms with Crippen molar-refractivity contribution in [1.82, 2.24) is 4.98 Å². The van der Waals surface area contributed by atoms with Crippen LogP contribution < -0.4 is 0 Å². The van der Waals surface area contributed by atoms with Crippen LogP contribution in [0.3, 0.4) is 0 Å². The molecule has 1 heterocycles. The highest BCUT2D eigenvalue weighted by molar-refractivity contribution is 9.08. The van der Waals surface area contributed by atoms with Crippen molar-refractivity contribution < 1.29 is 0 Å². The van der Waals surface area contributed by atoms with Crippen molar-refractivity contribution in [1.29, 1.82) is 0 Å². The molecule has 1 aromatic carbocycles. The van der Waals surface area contributed by atoms with Gasteiger partial charge in [-0.2, -0.15) is 0 Å². The summed E-state index contributed by atoms with van der Waals surface area (Å²) in [5.41, 5.74) is 3.78. The molecular formula is C14H16BrNS. The molecule has 0 spiro atoms. The van der Waals surface area contributed by atoms with Gasteiger partial charge in [-0.3, -0.25) is 0 Å². The third-order valence-electron chi connectivity index (χ3n) is 2.65. The number of benzene rings is 1.